The topological polar surface area (TPSA) is 20.3 Å². The lowest BCUT2D eigenvalue weighted by molar-refractivity contribution is -0.116. The van der Waals surface area contributed by atoms with Crippen molar-refractivity contribution in [1.29, 1.82) is 0 Å². The lowest BCUT2D eigenvalue weighted by atomic mass is 10.3. The van der Waals surface area contributed by atoms with Crippen molar-refractivity contribution < 1.29 is 9.18 Å². The van der Waals surface area contributed by atoms with Crippen molar-refractivity contribution in [1.82, 2.24) is 0 Å². The van der Waals surface area contributed by atoms with E-state index in [2.05, 4.69) is 0 Å². The summed E-state index contributed by atoms with van der Waals surface area (Å²) in [6.45, 7) is 1.35. The monoisotopic (exact) mass is 315 g/mol. The van der Waals surface area contributed by atoms with Crippen LogP contribution in [0.1, 0.15) is 6.92 Å². The van der Waals surface area contributed by atoms with E-state index in [-0.39, 0.29) is 11.6 Å². The molecule has 0 radical (unpaired) electrons. The van der Waals surface area contributed by atoms with Gasteiger partial charge in [-0.2, -0.15) is 0 Å². The molecular formula is C10H9Cl3FNOS. The maximum atomic E-state index is 13.7. The number of carbonyl (C=O) groups excluding carboxylic acids is 1. The minimum atomic E-state index is -1.54. The Bertz CT molecular complexity index is 436. The second kappa shape index (κ2) is 5.65. The van der Waals surface area contributed by atoms with Gasteiger partial charge in [-0.1, -0.05) is 46.6 Å². The summed E-state index contributed by atoms with van der Waals surface area (Å²) < 4.78 is 12.2. The van der Waals surface area contributed by atoms with Gasteiger partial charge in [0.05, 0.1) is 5.69 Å². The summed E-state index contributed by atoms with van der Waals surface area (Å²) in [5.74, 6) is -0.798. The number of amides is 1. The molecule has 94 valence electrons. The third-order valence-electron chi connectivity index (χ3n) is 1.99. The van der Waals surface area contributed by atoms with Crippen LogP contribution in [0.15, 0.2) is 23.1 Å². The van der Waals surface area contributed by atoms with Crippen LogP contribution in [0.25, 0.3) is 0 Å². The van der Waals surface area contributed by atoms with Crippen molar-refractivity contribution in [3.05, 3.63) is 24.0 Å². The number of hydrogen-bond acceptors (Lipinski definition) is 2. The van der Waals surface area contributed by atoms with Crippen molar-refractivity contribution in [2.24, 2.45) is 0 Å². The highest BCUT2D eigenvalue weighted by atomic mass is 35.6. The lowest BCUT2D eigenvalue weighted by Crippen LogP contribution is -2.23. The molecule has 0 heterocycles. The van der Waals surface area contributed by atoms with Gasteiger partial charge in [-0.15, -0.1) is 0 Å². The maximum absolute atomic E-state index is 13.7. The molecule has 7 heteroatoms. The fourth-order valence-corrected chi connectivity index (χ4v) is 2.49. The summed E-state index contributed by atoms with van der Waals surface area (Å²) in [4.78, 5) is 12.8. The Morgan fingerprint density at radius 1 is 1.41 bits per heavy atom. The van der Waals surface area contributed by atoms with Crippen LogP contribution in [0.5, 0.6) is 0 Å². The zero-order valence-corrected chi connectivity index (χ0v) is 12.1. The largest absolute Gasteiger partial charge is 0.313 e. The maximum Gasteiger partial charge on any atom is 0.241 e. The fraction of sp³-hybridized carbons (Fsp3) is 0.300. The first-order chi connectivity index (χ1) is 7.70. The van der Waals surface area contributed by atoms with Crippen LogP contribution in [0, 0.1) is 5.82 Å². The van der Waals surface area contributed by atoms with Crippen LogP contribution in [0.4, 0.5) is 10.1 Å². The third kappa shape index (κ3) is 4.54. The smallest absolute Gasteiger partial charge is 0.241 e. The normalized spacial score (nSPS) is 11.4. The van der Waals surface area contributed by atoms with E-state index >= 15 is 0 Å². The third-order valence-corrected chi connectivity index (χ3v) is 3.40. The molecule has 1 amide bonds. The predicted molar refractivity (Wildman–Crippen MR) is 71.6 cm³/mol. The highest BCUT2D eigenvalue weighted by molar-refractivity contribution is 8.04. The minimum Gasteiger partial charge on any atom is -0.313 e. The number of halogens is 4. The Balaban J connectivity index is 2.98. The van der Waals surface area contributed by atoms with Crippen LogP contribution in [-0.4, -0.2) is 16.1 Å². The van der Waals surface area contributed by atoms with E-state index in [0.29, 0.717) is 4.90 Å². The van der Waals surface area contributed by atoms with Gasteiger partial charge in [-0.3, -0.25) is 4.79 Å². The van der Waals surface area contributed by atoms with Crippen molar-refractivity contribution >= 4 is 58.2 Å². The molecule has 17 heavy (non-hydrogen) atoms. The SMILES string of the molecule is CC(=O)N(C)c1ccc(SC(Cl)(Cl)Cl)cc1F. The quantitative estimate of drug-likeness (QED) is 0.601. The lowest BCUT2D eigenvalue weighted by Gasteiger charge is -2.17. The number of anilines is 1. The summed E-state index contributed by atoms with van der Waals surface area (Å²) >= 11 is 17.6. The molecule has 1 rings (SSSR count). The fourth-order valence-electron chi connectivity index (χ4n) is 1.13. The number of nitrogens with zero attached hydrogens (tertiary/aromatic N) is 1. The summed E-state index contributed by atoms with van der Waals surface area (Å²) in [6.07, 6.45) is 0. The van der Waals surface area contributed by atoms with Gasteiger partial charge in [0.25, 0.3) is 0 Å². The van der Waals surface area contributed by atoms with E-state index in [4.69, 9.17) is 34.8 Å². The molecule has 1 aromatic carbocycles. The Morgan fingerprint density at radius 2 is 2.00 bits per heavy atom. The molecule has 0 atom stereocenters. The Kier molecular flexibility index (Phi) is 4.95. The summed E-state index contributed by atoms with van der Waals surface area (Å²) in [5, 5.41) is 0. The van der Waals surface area contributed by atoms with Gasteiger partial charge in [0, 0.05) is 18.9 Å². The minimum absolute atomic E-state index is 0.186. The van der Waals surface area contributed by atoms with Gasteiger partial charge in [-0.05, 0) is 18.2 Å². The first-order valence-electron chi connectivity index (χ1n) is 4.50. The number of rotatable bonds is 2. The molecule has 0 saturated heterocycles. The molecule has 0 spiro atoms. The molecule has 0 fully saturated rings. The first kappa shape index (κ1) is 14.9. The van der Waals surface area contributed by atoms with Crippen molar-refractivity contribution in [2.75, 3.05) is 11.9 Å². The molecule has 0 N–H and O–H groups in total. The van der Waals surface area contributed by atoms with E-state index in [1.54, 1.807) is 6.07 Å². The number of thioether (sulfide) groups is 1. The van der Waals surface area contributed by atoms with Crippen LogP contribution >= 0.6 is 46.6 Å². The van der Waals surface area contributed by atoms with E-state index < -0.39 is 8.94 Å². The van der Waals surface area contributed by atoms with Crippen LogP contribution in [0.3, 0.4) is 0 Å². The van der Waals surface area contributed by atoms with Crippen LogP contribution in [-0.2, 0) is 4.79 Å². The first-order valence-corrected chi connectivity index (χ1v) is 6.45. The van der Waals surface area contributed by atoms with Crippen molar-refractivity contribution in [3.8, 4) is 0 Å². The Hall–Kier alpha value is -0.160. The summed E-state index contributed by atoms with van der Waals surface area (Å²) in [6, 6.07) is 4.28. The number of benzene rings is 1. The Morgan fingerprint density at radius 3 is 2.41 bits per heavy atom. The van der Waals surface area contributed by atoms with Crippen molar-refractivity contribution in [3.63, 3.8) is 0 Å². The molecule has 0 unspecified atom stereocenters. The van der Waals surface area contributed by atoms with Gasteiger partial charge in [0.2, 0.25) is 9.03 Å². The van der Waals surface area contributed by atoms with Gasteiger partial charge in [0.15, 0.2) is 0 Å². The van der Waals surface area contributed by atoms with Gasteiger partial charge in [0.1, 0.15) is 5.82 Å². The highest BCUT2D eigenvalue weighted by Gasteiger charge is 2.22. The van der Waals surface area contributed by atoms with Gasteiger partial charge >= 0.3 is 0 Å². The second-order valence-electron chi connectivity index (χ2n) is 3.24. The van der Waals surface area contributed by atoms with Crippen LogP contribution in [0.2, 0.25) is 0 Å². The standard InChI is InChI=1S/C10H9Cl3FNOS/c1-6(16)15(2)9-4-3-7(5-8(9)14)17-10(11,12)13/h3-5H,1-2H3. The number of carbonyl (C=O) groups is 1. The molecule has 0 aliphatic heterocycles. The summed E-state index contributed by atoms with van der Waals surface area (Å²) in [7, 11) is 1.49. The van der Waals surface area contributed by atoms with Gasteiger partial charge in [-0.25, -0.2) is 4.39 Å². The number of hydrogen-bond donors (Lipinski definition) is 0. The molecule has 2 nitrogen and oxygen atoms in total. The molecular weight excluding hydrogens is 308 g/mol. The van der Waals surface area contributed by atoms with E-state index in [1.807, 2.05) is 0 Å². The molecule has 0 saturated carbocycles. The zero-order valence-electron chi connectivity index (χ0n) is 9.01. The average Bonchev–Trinajstić information content (AvgIpc) is 2.14. The molecule has 1 aromatic rings. The van der Waals surface area contributed by atoms with Crippen molar-refractivity contribution in [2.45, 2.75) is 14.9 Å². The molecule has 0 aliphatic carbocycles. The van der Waals surface area contributed by atoms with E-state index in [9.17, 15) is 9.18 Å². The molecule has 0 bridgehead atoms. The van der Waals surface area contributed by atoms with Crippen LogP contribution < -0.4 is 4.90 Å². The van der Waals surface area contributed by atoms with E-state index in [0.717, 1.165) is 11.8 Å². The highest BCUT2D eigenvalue weighted by Crippen LogP contribution is 2.44. The van der Waals surface area contributed by atoms with E-state index in [1.165, 1.54) is 31.0 Å². The Labute approximate surface area is 118 Å². The van der Waals surface area contributed by atoms with Gasteiger partial charge < -0.3 is 4.90 Å². The number of alkyl halides is 3. The average molecular weight is 317 g/mol. The molecule has 0 aromatic heterocycles. The molecule has 0 aliphatic rings. The summed E-state index contributed by atoms with van der Waals surface area (Å²) in [5.41, 5.74) is 0.186. The zero-order chi connectivity index (χ0) is 13.2. The second-order valence-corrected chi connectivity index (χ2v) is 7.48. The predicted octanol–water partition coefficient (Wildman–Crippen LogP) is 4.23.